The number of aromatic hydroxyl groups is 2. The van der Waals surface area contributed by atoms with Crippen LogP contribution in [0.1, 0.15) is 5.56 Å². The molecule has 2 aromatic rings. The Kier molecular flexibility index (Phi) is 5.27. The van der Waals surface area contributed by atoms with E-state index in [2.05, 4.69) is 0 Å². The van der Waals surface area contributed by atoms with Crippen LogP contribution in [0.2, 0.25) is 0 Å². The number of nitrogens with two attached hydrogens (primary N) is 2. The third kappa shape index (κ3) is 4.46. The molecule has 0 aliphatic rings. The number of phenolic OH excluding ortho intramolecular Hbond substituents is 2. The van der Waals surface area contributed by atoms with Crippen LogP contribution in [0, 0.1) is 27.2 Å². The molecule has 0 atom stereocenters. The van der Waals surface area contributed by atoms with E-state index >= 15 is 0 Å². The Balaban J connectivity index is 0.000000231. The molecule has 0 aliphatic heterocycles. The fourth-order valence-corrected chi connectivity index (χ4v) is 1.58. The van der Waals surface area contributed by atoms with Gasteiger partial charge in [-0.25, -0.2) is 0 Å². The highest BCUT2D eigenvalue weighted by Gasteiger charge is 2.15. The lowest BCUT2D eigenvalue weighted by molar-refractivity contribution is -0.385. The van der Waals surface area contributed by atoms with Crippen molar-refractivity contribution < 1.29 is 20.1 Å². The molecule has 0 bridgehead atoms. The highest BCUT2D eigenvalue weighted by Crippen LogP contribution is 2.32. The van der Waals surface area contributed by atoms with Crippen LogP contribution in [-0.2, 0) is 0 Å². The topological polar surface area (TPSA) is 179 Å². The van der Waals surface area contributed by atoms with Gasteiger partial charge in [0.25, 0.3) is 5.69 Å². The molecule has 10 nitrogen and oxygen atoms in total. The zero-order chi connectivity index (χ0) is 17.7. The summed E-state index contributed by atoms with van der Waals surface area (Å²) in [4.78, 5) is 19.2. The third-order valence-electron chi connectivity index (χ3n) is 2.68. The smallest absolute Gasteiger partial charge is 0.313 e. The number of aryl methyl sites for hydroxylation is 1. The zero-order valence-electron chi connectivity index (χ0n) is 12.0. The van der Waals surface area contributed by atoms with Gasteiger partial charge in [-0.3, -0.25) is 20.2 Å². The summed E-state index contributed by atoms with van der Waals surface area (Å²) in [6.45, 7) is 1.67. The number of non-ortho nitro benzene ring substituents is 1. The second-order valence-electron chi connectivity index (χ2n) is 4.48. The summed E-state index contributed by atoms with van der Waals surface area (Å²) in [5.41, 5.74) is 10.7. The third-order valence-corrected chi connectivity index (χ3v) is 2.68. The molecule has 122 valence electrons. The van der Waals surface area contributed by atoms with E-state index in [-0.39, 0.29) is 28.5 Å². The highest BCUT2D eigenvalue weighted by molar-refractivity contribution is 5.64. The van der Waals surface area contributed by atoms with Crippen molar-refractivity contribution in [1.29, 1.82) is 0 Å². The minimum absolute atomic E-state index is 0.0131. The monoisotopic (exact) mass is 322 g/mol. The number of rotatable bonds is 2. The van der Waals surface area contributed by atoms with E-state index in [1.807, 2.05) is 0 Å². The normalized spacial score (nSPS) is 9.61. The van der Waals surface area contributed by atoms with E-state index < -0.39 is 15.6 Å². The number of benzene rings is 2. The Labute approximate surface area is 129 Å². The van der Waals surface area contributed by atoms with E-state index in [1.165, 1.54) is 24.3 Å². The Morgan fingerprint density at radius 2 is 1.57 bits per heavy atom. The van der Waals surface area contributed by atoms with Crippen molar-refractivity contribution in [3.8, 4) is 11.5 Å². The van der Waals surface area contributed by atoms with Gasteiger partial charge in [0.2, 0.25) is 5.75 Å². The second-order valence-corrected chi connectivity index (χ2v) is 4.48. The van der Waals surface area contributed by atoms with Crippen LogP contribution in [0.3, 0.4) is 0 Å². The lowest BCUT2D eigenvalue weighted by atomic mass is 10.2. The number of phenols is 2. The number of nitrogen functional groups attached to an aromatic ring is 2. The predicted octanol–water partition coefficient (Wildman–Crippen LogP) is 2.07. The first-order valence-electron chi connectivity index (χ1n) is 6.09. The standard InChI is InChI=1S/C7H8N2O3.C6H6N2O3/c1-4-2-5(8)7(10)6(3-4)9(11)12;7-5-3-4(8(10)11)1-2-6(5)9/h2-3,10H,8H2,1H3;1-3,9H,7H2. The fraction of sp³-hybridized carbons (Fsp3) is 0.0769. The van der Waals surface area contributed by atoms with Gasteiger partial charge in [-0.15, -0.1) is 0 Å². The van der Waals surface area contributed by atoms with Gasteiger partial charge in [0.1, 0.15) is 5.75 Å². The molecule has 2 rings (SSSR count). The van der Waals surface area contributed by atoms with Crippen molar-refractivity contribution in [2.45, 2.75) is 6.92 Å². The van der Waals surface area contributed by atoms with Crippen molar-refractivity contribution in [3.63, 3.8) is 0 Å². The molecule has 2 aromatic carbocycles. The number of anilines is 2. The molecule has 0 aromatic heterocycles. The number of hydrogen-bond donors (Lipinski definition) is 4. The molecule has 0 saturated heterocycles. The van der Waals surface area contributed by atoms with E-state index in [1.54, 1.807) is 6.92 Å². The molecule has 0 aliphatic carbocycles. The summed E-state index contributed by atoms with van der Waals surface area (Å²) in [5, 5.41) is 38.5. The maximum atomic E-state index is 10.3. The van der Waals surface area contributed by atoms with Gasteiger partial charge < -0.3 is 21.7 Å². The van der Waals surface area contributed by atoms with Gasteiger partial charge in [-0.2, -0.15) is 0 Å². The summed E-state index contributed by atoms with van der Waals surface area (Å²) in [5.74, 6) is -0.610. The minimum Gasteiger partial charge on any atom is -0.506 e. The van der Waals surface area contributed by atoms with Gasteiger partial charge in [0.05, 0.1) is 21.2 Å². The van der Waals surface area contributed by atoms with Crippen LogP contribution in [-0.4, -0.2) is 20.1 Å². The van der Waals surface area contributed by atoms with Crippen molar-refractivity contribution in [2.24, 2.45) is 0 Å². The van der Waals surface area contributed by atoms with Crippen molar-refractivity contribution in [1.82, 2.24) is 0 Å². The molecule has 0 radical (unpaired) electrons. The Morgan fingerprint density at radius 1 is 0.957 bits per heavy atom. The molecular formula is C13H14N4O6. The number of nitro groups is 2. The van der Waals surface area contributed by atoms with Crippen molar-refractivity contribution in [3.05, 3.63) is 56.1 Å². The Bertz CT molecular complexity index is 762. The van der Waals surface area contributed by atoms with Gasteiger partial charge in [-0.05, 0) is 24.6 Å². The average molecular weight is 322 g/mol. The molecule has 0 saturated carbocycles. The molecule has 0 unspecified atom stereocenters. The molecule has 0 fully saturated rings. The van der Waals surface area contributed by atoms with Crippen LogP contribution in [0.15, 0.2) is 30.3 Å². The first-order valence-corrected chi connectivity index (χ1v) is 6.09. The van der Waals surface area contributed by atoms with Crippen LogP contribution >= 0.6 is 0 Å². The van der Waals surface area contributed by atoms with Gasteiger partial charge in [-0.1, -0.05) is 0 Å². The number of nitrogens with zero attached hydrogens (tertiary/aromatic N) is 2. The van der Waals surface area contributed by atoms with Crippen molar-refractivity contribution in [2.75, 3.05) is 11.5 Å². The first kappa shape index (κ1) is 17.5. The number of nitro benzene ring substituents is 2. The van der Waals surface area contributed by atoms with Crippen LogP contribution < -0.4 is 11.5 Å². The van der Waals surface area contributed by atoms with E-state index in [9.17, 15) is 20.2 Å². The predicted molar refractivity (Wildman–Crippen MR) is 83.1 cm³/mol. The zero-order valence-corrected chi connectivity index (χ0v) is 12.0. The lowest BCUT2D eigenvalue weighted by Crippen LogP contribution is -1.93. The van der Waals surface area contributed by atoms with E-state index in [0.29, 0.717) is 5.56 Å². The average Bonchev–Trinajstić information content (AvgIpc) is 2.46. The summed E-state index contributed by atoms with van der Waals surface area (Å²) < 4.78 is 0. The largest absolute Gasteiger partial charge is 0.506 e. The summed E-state index contributed by atoms with van der Waals surface area (Å²) in [7, 11) is 0. The van der Waals surface area contributed by atoms with Crippen LogP contribution in [0.4, 0.5) is 22.7 Å². The van der Waals surface area contributed by atoms with Crippen LogP contribution in [0.5, 0.6) is 11.5 Å². The lowest BCUT2D eigenvalue weighted by Gasteiger charge is -2.00. The first-order chi connectivity index (χ1) is 10.6. The molecule has 0 spiro atoms. The molecule has 10 heteroatoms. The highest BCUT2D eigenvalue weighted by atomic mass is 16.6. The summed E-state index contributed by atoms with van der Waals surface area (Å²) in [6, 6.07) is 6.22. The Hall–Kier alpha value is -3.56. The van der Waals surface area contributed by atoms with Gasteiger partial charge in [0.15, 0.2) is 0 Å². The minimum atomic E-state index is -0.668. The second kappa shape index (κ2) is 6.93. The van der Waals surface area contributed by atoms with Crippen molar-refractivity contribution >= 4 is 22.7 Å². The molecule has 23 heavy (non-hydrogen) atoms. The van der Waals surface area contributed by atoms with Crippen LogP contribution in [0.25, 0.3) is 0 Å². The molecule has 6 N–H and O–H groups in total. The number of hydrogen-bond acceptors (Lipinski definition) is 8. The van der Waals surface area contributed by atoms with E-state index in [0.717, 1.165) is 6.07 Å². The quantitative estimate of drug-likeness (QED) is 0.280. The van der Waals surface area contributed by atoms with Gasteiger partial charge in [0, 0.05) is 18.2 Å². The SMILES string of the molecule is Cc1cc(N)c(O)c([N+](=O)[O-])c1.Nc1cc([N+](=O)[O-])ccc1O. The maximum absolute atomic E-state index is 10.3. The fourth-order valence-electron chi connectivity index (χ4n) is 1.58. The van der Waals surface area contributed by atoms with E-state index in [4.69, 9.17) is 21.7 Å². The summed E-state index contributed by atoms with van der Waals surface area (Å²) >= 11 is 0. The molecule has 0 heterocycles. The maximum Gasteiger partial charge on any atom is 0.313 e. The van der Waals surface area contributed by atoms with Gasteiger partial charge >= 0.3 is 5.69 Å². The molecular weight excluding hydrogens is 308 g/mol. The summed E-state index contributed by atoms with van der Waals surface area (Å²) in [6.07, 6.45) is 0. The molecule has 0 amide bonds. The Morgan fingerprint density at radius 3 is 2.04 bits per heavy atom.